The van der Waals surface area contributed by atoms with Crippen LogP contribution in [0.4, 0.5) is 17.1 Å². The van der Waals surface area contributed by atoms with Gasteiger partial charge in [0.25, 0.3) is 0 Å². The molecule has 10 aromatic carbocycles. The lowest BCUT2D eigenvalue weighted by molar-refractivity contribution is 1.18. The Morgan fingerprint density at radius 1 is 0.321 bits per heavy atom. The predicted octanol–water partition coefficient (Wildman–Crippen LogP) is 15.0. The number of fused-ring (bicyclic) bond motifs is 7. The van der Waals surface area contributed by atoms with Gasteiger partial charge in [0, 0.05) is 32.9 Å². The molecule has 1 heterocycles. The molecule has 0 aliphatic rings. The summed E-state index contributed by atoms with van der Waals surface area (Å²) in [4.78, 5) is 2.46. The first-order valence-electron chi connectivity index (χ1n) is 19.3. The summed E-state index contributed by atoms with van der Waals surface area (Å²) >= 11 is 0. The largest absolute Gasteiger partial charge is 0.309 e. The van der Waals surface area contributed by atoms with Crippen LogP contribution in [0.2, 0.25) is 0 Å². The summed E-state index contributed by atoms with van der Waals surface area (Å²) in [7, 11) is 0. The Labute approximate surface area is 325 Å². The van der Waals surface area contributed by atoms with Gasteiger partial charge in [-0.15, -0.1) is 0 Å². The molecule has 0 bridgehead atoms. The van der Waals surface area contributed by atoms with Crippen molar-refractivity contribution < 1.29 is 0 Å². The van der Waals surface area contributed by atoms with E-state index >= 15 is 0 Å². The Balaban J connectivity index is 1.10. The predicted molar refractivity (Wildman–Crippen MR) is 239 cm³/mol. The van der Waals surface area contributed by atoms with Crippen molar-refractivity contribution in [3.63, 3.8) is 0 Å². The third-order valence-electron chi connectivity index (χ3n) is 11.3. The zero-order valence-corrected chi connectivity index (χ0v) is 30.7. The molecule has 0 spiro atoms. The summed E-state index contributed by atoms with van der Waals surface area (Å²) in [5, 5.41) is 9.89. The molecule has 0 fully saturated rings. The third-order valence-corrected chi connectivity index (χ3v) is 11.3. The molecule has 56 heavy (non-hydrogen) atoms. The summed E-state index contributed by atoms with van der Waals surface area (Å²) in [5.74, 6) is 0. The van der Waals surface area contributed by atoms with Crippen molar-refractivity contribution in [3.05, 3.63) is 218 Å². The van der Waals surface area contributed by atoms with E-state index in [2.05, 4.69) is 228 Å². The van der Waals surface area contributed by atoms with Gasteiger partial charge in [-0.05, 0) is 98.4 Å². The fourth-order valence-electron chi connectivity index (χ4n) is 8.84. The van der Waals surface area contributed by atoms with Gasteiger partial charge in [0.2, 0.25) is 0 Å². The van der Waals surface area contributed by atoms with E-state index in [1.165, 1.54) is 76.4 Å². The standard InChI is InChI=1S/C54H36N2/c1-2-22-42(23-3-1)55-51-31-11-10-29-49(51)54-46(30-15-33-52(54)55)40-21-12-19-38(34-40)39-20-13-24-43(35-39)56(50-32-14-18-37-16-4-7-26-45(37)50)53-36-41-17-5-6-25-44(41)47-27-8-9-28-48(47)53/h1-36H. The van der Waals surface area contributed by atoms with Gasteiger partial charge in [-0.2, -0.15) is 0 Å². The molecular formula is C54H36N2. The molecule has 2 nitrogen and oxygen atoms in total. The normalized spacial score (nSPS) is 11.6. The molecule has 0 N–H and O–H groups in total. The molecular weight excluding hydrogens is 677 g/mol. The van der Waals surface area contributed by atoms with Crippen molar-refractivity contribution in [1.29, 1.82) is 0 Å². The van der Waals surface area contributed by atoms with Crippen molar-refractivity contribution in [2.45, 2.75) is 0 Å². The maximum atomic E-state index is 2.46. The van der Waals surface area contributed by atoms with Crippen molar-refractivity contribution >= 4 is 71.2 Å². The smallest absolute Gasteiger partial charge is 0.0547 e. The highest BCUT2D eigenvalue weighted by Gasteiger charge is 2.20. The first-order chi connectivity index (χ1) is 27.8. The molecule has 0 aliphatic carbocycles. The van der Waals surface area contributed by atoms with E-state index in [9.17, 15) is 0 Å². The van der Waals surface area contributed by atoms with Crippen molar-refractivity contribution in [3.8, 4) is 27.9 Å². The van der Waals surface area contributed by atoms with Crippen LogP contribution in [0.15, 0.2) is 218 Å². The van der Waals surface area contributed by atoms with Crippen LogP contribution < -0.4 is 4.90 Å². The zero-order chi connectivity index (χ0) is 37.0. The number of hydrogen-bond donors (Lipinski definition) is 0. The van der Waals surface area contributed by atoms with Gasteiger partial charge in [-0.25, -0.2) is 0 Å². The van der Waals surface area contributed by atoms with Crippen LogP contribution in [-0.2, 0) is 0 Å². The van der Waals surface area contributed by atoms with Gasteiger partial charge < -0.3 is 9.47 Å². The average Bonchev–Trinajstić information content (AvgIpc) is 3.62. The van der Waals surface area contributed by atoms with Crippen LogP contribution in [0.5, 0.6) is 0 Å². The van der Waals surface area contributed by atoms with Crippen molar-refractivity contribution in [1.82, 2.24) is 4.57 Å². The first kappa shape index (κ1) is 32.0. The number of hydrogen-bond acceptors (Lipinski definition) is 1. The summed E-state index contributed by atoms with van der Waals surface area (Å²) in [6.07, 6.45) is 0. The van der Waals surface area contributed by atoms with E-state index in [1.807, 2.05) is 0 Å². The number of anilines is 3. The Hall–Kier alpha value is -7.42. The van der Waals surface area contributed by atoms with Crippen LogP contribution in [0.1, 0.15) is 0 Å². The molecule has 11 aromatic rings. The van der Waals surface area contributed by atoms with Crippen LogP contribution in [0.25, 0.3) is 82.1 Å². The molecule has 0 saturated heterocycles. The van der Waals surface area contributed by atoms with Crippen LogP contribution in [0, 0.1) is 0 Å². The number of rotatable bonds is 6. The maximum absolute atomic E-state index is 2.46. The first-order valence-corrected chi connectivity index (χ1v) is 19.3. The molecule has 2 heteroatoms. The second kappa shape index (κ2) is 13.2. The molecule has 0 atom stereocenters. The number of nitrogens with zero attached hydrogens (tertiary/aromatic N) is 2. The third kappa shape index (κ3) is 5.19. The number of aromatic nitrogens is 1. The SMILES string of the molecule is c1ccc(-n2c3ccccc3c3c(-c4cccc(-c5cccc(N(c6cccc7ccccc67)c6cc7ccccc7c7ccccc67)c5)c4)cccc32)cc1. The zero-order valence-electron chi connectivity index (χ0n) is 30.7. The molecule has 1 aromatic heterocycles. The Morgan fingerprint density at radius 2 is 0.911 bits per heavy atom. The van der Waals surface area contributed by atoms with E-state index in [0.29, 0.717) is 0 Å². The van der Waals surface area contributed by atoms with Gasteiger partial charge >= 0.3 is 0 Å². The molecule has 0 radical (unpaired) electrons. The van der Waals surface area contributed by atoms with Crippen molar-refractivity contribution in [2.75, 3.05) is 4.90 Å². The maximum Gasteiger partial charge on any atom is 0.0547 e. The molecule has 11 rings (SSSR count). The Morgan fingerprint density at radius 3 is 1.77 bits per heavy atom. The van der Waals surface area contributed by atoms with Gasteiger partial charge in [0.15, 0.2) is 0 Å². The van der Waals surface area contributed by atoms with Gasteiger partial charge in [0.05, 0.1) is 22.4 Å². The molecule has 262 valence electrons. The number of benzene rings is 10. The second-order valence-corrected chi connectivity index (χ2v) is 14.5. The minimum absolute atomic E-state index is 1.11. The molecule has 0 saturated carbocycles. The lowest BCUT2D eigenvalue weighted by Gasteiger charge is -2.29. The number of para-hydroxylation sites is 2. The second-order valence-electron chi connectivity index (χ2n) is 14.5. The highest BCUT2D eigenvalue weighted by atomic mass is 15.1. The van der Waals surface area contributed by atoms with E-state index in [1.54, 1.807) is 0 Å². The lowest BCUT2D eigenvalue weighted by atomic mass is 9.95. The Bertz CT molecular complexity index is 3260. The summed E-state index contributed by atoms with van der Waals surface area (Å²) in [6.45, 7) is 0. The van der Waals surface area contributed by atoms with E-state index in [4.69, 9.17) is 0 Å². The fraction of sp³-hybridized carbons (Fsp3) is 0. The molecule has 0 unspecified atom stereocenters. The highest BCUT2D eigenvalue weighted by molar-refractivity contribution is 6.17. The summed E-state index contributed by atoms with van der Waals surface area (Å²) in [6, 6.07) is 79.5. The Kier molecular flexibility index (Phi) is 7.53. The van der Waals surface area contributed by atoms with E-state index < -0.39 is 0 Å². The van der Waals surface area contributed by atoms with Gasteiger partial charge in [-0.3, -0.25) is 0 Å². The van der Waals surface area contributed by atoms with Crippen molar-refractivity contribution in [2.24, 2.45) is 0 Å². The lowest BCUT2D eigenvalue weighted by Crippen LogP contribution is -2.11. The topological polar surface area (TPSA) is 8.17 Å². The fourth-order valence-corrected chi connectivity index (χ4v) is 8.84. The molecule has 0 aliphatic heterocycles. The van der Waals surface area contributed by atoms with Crippen LogP contribution >= 0.6 is 0 Å². The minimum Gasteiger partial charge on any atom is -0.309 e. The monoisotopic (exact) mass is 712 g/mol. The highest BCUT2D eigenvalue weighted by Crippen LogP contribution is 2.45. The van der Waals surface area contributed by atoms with Crippen LogP contribution in [-0.4, -0.2) is 4.57 Å². The van der Waals surface area contributed by atoms with Crippen LogP contribution in [0.3, 0.4) is 0 Å². The van der Waals surface area contributed by atoms with E-state index in [-0.39, 0.29) is 0 Å². The summed E-state index contributed by atoms with van der Waals surface area (Å²) < 4.78 is 2.39. The van der Waals surface area contributed by atoms with Gasteiger partial charge in [0.1, 0.15) is 0 Å². The van der Waals surface area contributed by atoms with Gasteiger partial charge in [-0.1, -0.05) is 164 Å². The summed E-state index contributed by atoms with van der Waals surface area (Å²) in [5.41, 5.74) is 11.8. The minimum atomic E-state index is 1.11. The average molecular weight is 713 g/mol. The van der Waals surface area contributed by atoms with E-state index in [0.717, 1.165) is 22.7 Å². The molecule has 0 amide bonds. The quantitative estimate of drug-likeness (QED) is 0.156.